The van der Waals surface area contributed by atoms with Gasteiger partial charge in [0.1, 0.15) is 17.3 Å². The molecule has 0 saturated carbocycles. The van der Waals surface area contributed by atoms with Crippen molar-refractivity contribution < 1.29 is 8.78 Å². The van der Waals surface area contributed by atoms with Crippen LogP contribution < -0.4 is 5.73 Å². The number of hydrogen-bond donors (Lipinski definition) is 1. The van der Waals surface area contributed by atoms with Crippen molar-refractivity contribution in [2.45, 2.75) is 0 Å². The van der Waals surface area contributed by atoms with Gasteiger partial charge < -0.3 is 5.73 Å². The normalized spacial score (nSPS) is 10.8. The molecule has 3 aromatic rings. The molecule has 0 unspecified atom stereocenters. The molecular formula is C13H8ClF2N5. The maximum atomic E-state index is 14.0. The Morgan fingerprint density at radius 3 is 2.62 bits per heavy atom. The van der Waals surface area contributed by atoms with Gasteiger partial charge in [-0.2, -0.15) is 4.68 Å². The number of nitrogens with zero attached hydrogens (tertiary/aromatic N) is 4. The van der Waals surface area contributed by atoms with Crippen molar-refractivity contribution in [3.8, 4) is 17.1 Å². The first kappa shape index (κ1) is 13.4. The maximum Gasteiger partial charge on any atom is 0.187 e. The molecule has 1 aromatic heterocycles. The van der Waals surface area contributed by atoms with Crippen molar-refractivity contribution in [1.82, 2.24) is 20.2 Å². The monoisotopic (exact) mass is 307 g/mol. The quantitative estimate of drug-likeness (QED) is 0.739. The number of halogens is 3. The minimum absolute atomic E-state index is 0.0993. The molecular weight excluding hydrogens is 300 g/mol. The van der Waals surface area contributed by atoms with Crippen LogP contribution >= 0.6 is 11.6 Å². The average molecular weight is 308 g/mol. The van der Waals surface area contributed by atoms with Gasteiger partial charge in [-0.05, 0) is 46.8 Å². The molecule has 0 saturated heterocycles. The Morgan fingerprint density at radius 2 is 1.90 bits per heavy atom. The smallest absolute Gasteiger partial charge is 0.187 e. The second-order valence-corrected chi connectivity index (χ2v) is 4.72. The molecule has 0 bridgehead atoms. The first-order valence-corrected chi connectivity index (χ1v) is 6.22. The number of nitrogens with two attached hydrogens (primary N) is 1. The Bertz CT molecular complexity index is 798. The number of tetrazole rings is 1. The van der Waals surface area contributed by atoms with Crippen LogP contribution in [0.5, 0.6) is 0 Å². The Labute approximate surface area is 123 Å². The predicted molar refractivity (Wildman–Crippen MR) is 73.9 cm³/mol. The fraction of sp³-hybridized carbons (Fsp3) is 0. The van der Waals surface area contributed by atoms with Crippen LogP contribution in [-0.2, 0) is 0 Å². The lowest BCUT2D eigenvalue weighted by atomic mass is 10.2. The van der Waals surface area contributed by atoms with Gasteiger partial charge in [0.15, 0.2) is 5.82 Å². The predicted octanol–water partition coefficient (Wildman–Crippen LogP) is 2.84. The first-order valence-electron chi connectivity index (χ1n) is 5.85. The third-order valence-corrected chi connectivity index (χ3v) is 3.02. The van der Waals surface area contributed by atoms with Gasteiger partial charge in [-0.15, -0.1) is 5.10 Å². The highest BCUT2D eigenvalue weighted by Crippen LogP contribution is 2.25. The lowest BCUT2D eigenvalue weighted by Gasteiger charge is -2.07. The zero-order chi connectivity index (χ0) is 15.0. The van der Waals surface area contributed by atoms with Crippen LogP contribution in [0, 0.1) is 11.6 Å². The average Bonchev–Trinajstić information content (AvgIpc) is 2.86. The molecule has 8 heteroatoms. The number of benzene rings is 2. The van der Waals surface area contributed by atoms with Crippen LogP contribution in [0.2, 0.25) is 5.02 Å². The molecule has 0 radical (unpaired) electrons. The highest BCUT2D eigenvalue weighted by Gasteiger charge is 2.15. The molecule has 5 nitrogen and oxygen atoms in total. The summed E-state index contributed by atoms with van der Waals surface area (Å²) < 4.78 is 28.6. The van der Waals surface area contributed by atoms with Gasteiger partial charge in [0, 0.05) is 16.3 Å². The topological polar surface area (TPSA) is 69.6 Å². The summed E-state index contributed by atoms with van der Waals surface area (Å²) in [5, 5.41) is 11.3. The highest BCUT2D eigenvalue weighted by molar-refractivity contribution is 6.30. The Morgan fingerprint density at radius 1 is 1.10 bits per heavy atom. The van der Waals surface area contributed by atoms with Crippen LogP contribution in [0.15, 0.2) is 36.4 Å². The van der Waals surface area contributed by atoms with Crippen molar-refractivity contribution in [2.75, 3.05) is 5.73 Å². The van der Waals surface area contributed by atoms with Crippen molar-refractivity contribution in [1.29, 1.82) is 0 Å². The largest absolute Gasteiger partial charge is 0.399 e. The summed E-state index contributed by atoms with van der Waals surface area (Å²) in [7, 11) is 0. The molecule has 0 fully saturated rings. The standard InChI is InChI=1S/C13H8ClF2N5/c14-8-1-2-12(11(16)5-8)21-13(18-19-20-21)7-3-9(15)6-10(17)4-7/h1-6H,17H2. The summed E-state index contributed by atoms with van der Waals surface area (Å²) in [6.45, 7) is 0. The van der Waals surface area contributed by atoms with Crippen molar-refractivity contribution in [2.24, 2.45) is 0 Å². The zero-order valence-electron chi connectivity index (χ0n) is 10.5. The van der Waals surface area contributed by atoms with E-state index < -0.39 is 11.6 Å². The van der Waals surface area contributed by atoms with Crippen LogP contribution in [0.1, 0.15) is 0 Å². The summed E-state index contributed by atoms with van der Waals surface area (Å²) in [6.07, 6.45) is 0. The van der Waals surface area contributed by atoms with Gasteiger partial charge in [0.05, 0.1) is 0 Å². The van der Waals surface area contributed by atoms with E-state index in [-0.39, 0.29) is 22.2 Å². The fourth-order valence-corrected chi connectivity index (χ4v) is 2.08. The molecule has 0 aliphatic carbocycles. The molecule has 2 aromatic carbocycles. The van der Waals surface area contributed by atoms with Gasteiger partial charge in [-0.3, -0.25) is 0 Å². The van der Waals surface area contributed by atoms with E-state index in [1.807, 2.05) is 0 Å². The van der Waals surface area contributed by atoms with Crippen LogP contribution in [0.25, 0.3) is 17.1 Å². The van der Waals surface area contributed by atoms with E-state index in [0.717, 1.165) is 10.7 Å². The van der Waals surface area contributed by atoms with Gasteiger partial charge in [0.25, 0.3) is 0 Å². The molecule has 0 spiro atoms. The zero-order valence-corrected chi connectivity index (χ0v) is 11.2. The van der Waals surface area contributed by atoms with Gasteiger partial charge in [0.2, 0.25) is 0 Å². The number of aromatic nitrogens is 4. The highest BCUT2D eigenvalue weighted by atomic mass is 35.5. The number of hydrogen-bond acceptors (Lipinski definition) is 4. The summed E-state index contributed by atoms with van der Waals surface area (Å²) >= 11 is 5.71. The summed E-state index contributed by atoms with van der Waals surface area (Å²) in [4.78, 5) is 0. The van der Waals surface area contributed by atoms with Crippen LogP contribution in [0.4, 0.5) is 14.5 Å². The maximum absolute atomic E-state index is 14.0. The minimum atomic E-state index is -0.597. The lowest BCUT2D eigenvalue weighted by Crippen LogP contribution is -2.03. The van der Waals surface area contributed by atoms with Crippen LogP contribution in [0.3, 0.4) is 0 Å². The van der Waals surface area contributed by atoms with Crippen molar-refractivity contribution in [3.05, 3.63) is 53.1 Å². The first-order chi connectivity index (χ1) is 10.0. The SMILES string of the molecule is Nc1cc(F)cc(-c2nnnn2-c2ccc(Cl)cc2F)c1. The van der Waals surface area contributed by atoms with E-state index in [9.17, 15) is 8.78 Å². The molecule has 0 aliphatic heterocycles. The second kappa shape index (κ2) is 5.10. The Hall–Kier alpha value is -2.54. The van der Waals surface area contributed by atoms with E-state index in [1.165, 1.54) is 30.3 Å². The molecule has 0 aliphatic rings. The molecule has 0 atom stereocenters. The molecule has 21 heavy (non-hydrogen) atoms. The summed E-state index contributed by atoms with van der Waals surface area (Å²) in [6, 6.07) is 7.96. The summed E-state index contributed by atoms with van der Waals surface area (Å²) in [5.74, 6) is -0.959. The van der Waals surface area contributed by atoms with Gasteiger partial charge in [-0.1, -0.05) is 11.6 Å². The van der Waals surface area contributed by atoms with E-state index >= 15 is 0 Å². The number of anilines is 1. The van der Waals surface area contributed by atoms with E-state index in [0.29, 0.717) is 5.56 Å². The van der Waals surface area contributed by atoms with Gasteiger partial charge >= 0.3 is 0 Å². The summed E-state index contributed by atoms with van der Waals surface area (Å²) in [5.41, 5.74) is 6.25. The molecule has 3 rings (SSSR count). The van der Waals surface area contributed by atoms with Crippen LogP contribution in [-0.4, -0.2) is 20.2 Å². The molecule has 2 N–H and O–H groups in total. The second-order valence-electron chi connectivity index (χ2n) is 4.28. The Kier molecular flexibility index (Phi) is 3.26. The van der Waals surface area contributed by atoms with Crippen molar-refractivity contribution in [3.63, 3.8) is 0 Å². The minimum Gasteiger partial charge on any atom is -0.399 e. The van der Waals surface area contributed by atoms with E-state index in [4.69, 9.17) is 17.3 Å². The molecule has 1 heterocycles. The van der Waals surface area contributed by atoms with Crippen molar-refractivity contribution >= 4 is 17.3 Å². The third-order valence-electron chi connectivity index (χ3n) is 2.79. The van der Waals surface area contributed by atoms with E-state index in [1.54, 1.807) is 0 Å². The Balaban J connectivity index is 2.17. The molecule has 106 valence electrons. The number of rotatable bonds is 2. The third kappa shape index (κ3) is 2.55. The molecule has 0 amide bonds. The van der Waals surface area contributed by atoms with E-state index in [2.05, 4.69) is 15.5 Å². The van der Waals surface area contributed by atoms with Gasteiger partial charge in [-0.25, -0.2) is 8.78 Å². The lowest BCUT2D eigenvalue weighted by molar-refractivity contribution is 0.607. The number of nitrogen functional groups attached to an aromatic ring is 1. The fourth-order valence-electron chi connectivity index (χ4n) is 1.92.